The van der Waals surface area contributed by atoms with Gasteiger partial charge in [-0.3, -0.25) is 4.21 Å². The zero-order valence-corrected chi connectivity index (χ0v) is 20.8. The standard InChI is InChI=1S/C22H33FN6OS2/c1-27(2)12-13-28(3)11-6-14-32(30)22-25-21(26-29(22)31-23)24-20-18-9-4-7-16(18)15-17-8-5-10-19(17)20/h15H,4-14H2,1-3H3,(H,24,26). The van der Waals surface area contributed by atoms with Gasteiger partial charge >= 0.3 is 0 Å². The van der Waals surface area contributed by atoms with Gasteiger partial charge in [0.1, 0.15) is 0 Å². The minimum atomic E-state index is -1.41. The van der Waals surface area contributed by atoms with Crippen LogP contribution >= 0.6 is 12.3 Å². The minimum absolute atomic E-state index is 0.0488. The van der Waals surface area contributed by atoms with Gasteiger partial charge in [0.2, 0.25) is 11.1 Å². The summed E-state index contributed by atoms with van der Waals surface area (Å²) in [5.74, 6) is 0.761. The highest BCUT2D eigenvalue weighted by Crippen LogP contribution is 2.39. The molecule has 1 aromatic carbocycles. The van der Waals surface area contributed by atoms with Crippen molar-refractivity contribution in [2.45, 2.75) is 50.1 Å². The highest BCUT2D eigenvalue weighted by Gasteiger charge is 2.25. The fourth-order valence-electron chi connectivity index (χ4n) is 4.64. The SMILES string of the molecule is CN(C)CCN(C)CCCS(=O)c1nc(Nc2c3c(cc4c2CCC4)CCC3)nn1SF. The maximum absolute atomic E-state index is 13.6. The number of nitrogens with one attached hydrogen (secondary N) is 1. The van der Waals surface area contributed by atoms with Gasteiger partial charge in [0, 0.05) is 24.5 Å². The van der Waals surface area contributed by atoms with Gasteiger partial charge < -0.3 is 15.1 Å². The number of hydrogen-bond donors (Lipinski definition) is 1. The van der Waals surface area contributed by atoms with Crippen molar-refractivity contribution in [3.05, 3.63) is 28.3 Å². The van der Waals surface area contributed by atoms with Crippen molar-refractivity contribution in [1.82, 2.24) is 24.0 Å². The van der Waals surface area contributed by atoms with Crippen molar-refractivity contribution in [3.8, 4) is 0 Å². The van der Waals surface area contributed by atoms with Crippen LogP contribution in [0.3, 0.4) is 0 Å². The number of likely N-dealkylation sites (N-methyl/N-ethyl adjacent to an activating group) is 2. The summed E-state index contributed by atoms with van der Waals surface area (Å²) in [4.78, 5) is 8.80. The second-order valence-electron chi connectivity index (χ2n) is 9.03. The third-order valence-corrected chi connectivity index (χ3v) is 8.16. The molecule has 1 atom stereocenters. The minimum Gasteiger partial charge on any atom is -0.322 e. The zero-order chi connectivity index (χ0) is 22.7. The molecule has 10 heteroatoms. The second kappa shape index (κ2) is 10.6. The second-order valence-corrected chi connectivity index (χ2v) is 11.0. The van der Waals surface area contributed by atoms with E-state index < -0.39 is 10.8 Å². The Labute approximate surface area is 197 Å². The van der Waals surface area contributed by atoms with Crippen LogP contribution in [0.25, 0.3) is 0 Å². The number of nitrogens with zero attached hydrogens (tertiary/aromatic N) is 5. The van der Waals surface area contributed by atoms with Crippen LogP contribution < -0.4 is 5.32 Å². The molecule has 176 valence electrons. The van der Waals surface area contributed by atoms with Crippen molar-refractivity contribution < 1.29 is 8.09 Å². The number of fused-ring (bicyclic) bond motifs is 2. The van der Waals surface area contributed by atoms with Gasteiger partial charge in [-0.2, -0.15) is 4.98 Å². The van der Waals surface area contributed by atoms with E-state index in [0.29, 0.717) is 11.7 Å². The van der Waals surface area contributed by atoms with Crippen LogP contribution in [0.4, 0.5) is 15.5 Å². The highest BCUT2D eigenvalue weighted by atomic mass is 32.2. The van der Waals surface area contributed by atoms with Crippen molar-refractivity contribution in [2.75, 3.05) is 51.8 Å². The Kier molecular flexibility index (Phi) is 7.86. The molecule has 0 saturated heterocycles. The average molecular weight is 481 g/mol. The summed E-state index contributed by atoms with van der Waals surface area (Å²) in [6.45, 7) is 2.77. The number of aryl methyl sites for hydroxylation is 2. The van der Waals surface area contributed by atoms with E-state index in [1.807, 2.05) is 14.1 Å². The maximum Gasteiger partial charge on any atom is 0.248 e. The summed E-state index contributed by atoms with van der Waals surface area (Å²) in [5, 5.41) is 7.83. The Balaban J connectivity index is 1.44. The van der Waals surface area contributed by atoms with Crippen LogP contribution in [-0.4, -0.2) is 74.7 Å². The Morgan fingerprint density at radius 3 is 2.41 bits per heavy atom. The summed E-state index contributed by atoms with van der Waals surface area (Å²) in [7, 11) is 4.75. The van der Waals surface area contributed by atoms with Gasteiger partial charge in [-0.25, -0.2) is 0 Å². The number of hydrogen-bond acceptors (Lipinski definition) is 7. The molecule has 32 heavy (non-hydrogen) atoms. The fraction of sp³-hybridized carbons (Fsp3) is 0.636. The first-order chi connectivity index (χ1) is 15.5. The fourth-order valence-corrected chi connectivity index (χ4v) is 6.16. The molecular weight excluding hydrogens is 447 g/mol. The largest absolute Gasteiger partial charge is 0.322 e. The molecule has 0 amide bonds. The van der Waals surface area contributed by atoms with Crippen molar-refractivity contribution >= 4 is 34.8 Å². The van der Waals surface area contributed by atoms with Gasteiger partial charge in [0.15, 0.2) is 12.3 Å². The molecule has 1 unspecified atom stereocenters. The summed E-state index contributed by atoms with van der Waals surface area (Å²) in [6, 6.07) is 2.37. The van der Waals surface area contributed by atoms with Crippen LogP contribution in [0.15, 0.2) is 11.2 Å². The molecule has 1 N–H and O–H groups in total. The first kappa shape index (κ1) is 23.7. The van der Waals surface area contributed by atoms with Crippen LogP contribution in [0.2, 0.25) is 0 Å². The van der Waals surface area contributed by atoms with Crippen molar-refractivity contribution in [1.29, 1.82) is 0 Å². The lowest BCUT2D eigenvalue weighted by Crippen LogP contribution is -2.29. The lowest BCUT2D eigenvalue weighted by atomic mass is 9.99. The van der Waals surface area contributed by atoms with E-state index in [1.165, 1.54) is 22.3 Å². The van der Waals surface area contributed by atoms with Gasteiger partial charge in [-0.05, 0) is 94.9 Å². The van der Waals surface area contributed by atoms with Crippen LogP contribution in [0, 0.1) is 0 Å². The zero-order valence-electron chi connectivity index (χ0n) is 19.2. The molecule has 4 rings (SSSR count). The quantitative estimate of drug-likeness (QED) is 0.529. The number of aromatic nitrogens is 3. The molecular formula is C22H33FN6OS2. The third kappa shape index (κ3) is 5.35. The highest BCUT2D eigenvalue weighted by molar-refractivity contribution is 7.93. The van der Waals surface area contributed by atoms with Gasteiger partial charge in [-0.1, -0.05) is 6.07 Å². The predicted molar refractivity (Wildman–Crippen MR) is 130 cm³/mol. The predicted octanol–water partition coefficient (Wildman–Crippen LogP) is 3.37. The normalized spacial score (nSPS) is 16.1. The smallest absolute Gasteiger partial charge is 0.248 e. The molecule has 1 aromatic heterocycles. The molecule has 0 fully saturated rings. The monoisotopic (exact) mass is 480 g/mol. The number of anilines is 2. The first-order valence-corrected chi connectivity index (χ1v) is 13.4. The van der Waals surface area contributed by atoms with Crippen LogP contribution in [0.1, 0.15) is 41.5 Å². The third-order valence-electron chi connectivity index (χ3n) is 6.33. The summed E-state index contributed by atoms with van der Waals surface area (Å²) < 4.78 is 27.5. The molecule has 7 nitrogen and oxygen atoms in total. The average Bonchev–Trinajstić information content (AvgIpc) is 3.51. The van der Waals surface area contributed by atoms with E-state index in [0.717, 1.165) is 74.4 Å². The topological polar surface area (TPSA) is 66.3 Å². The Hall–Kier alpha value is -1.49. The maximum atomic E-state index is 13.6. The Morgan fingerprint density at radius 2 is 1.78 bits per heavy atom. The van der Waals surface area contributed by atoms with E-state index >= 15 is 0 Å². The first-order valence-electron chi connectivity index (χ1n) is 11.4. The molecule has 2 aliphatic carbocycles. The van der Waals surface area contributed by atoms with Gasteiger partial charge in [0.25, 0.3) is 0 Å². The molecule has 0 aliphatic heterocycles. The van der Waals surface area contributed by atoms with E-state index in [9.17, 15) is 8.09 Å². The van der Waals surface area contributed by atoms with Gasteiger partial charge in [0.05, 0.1) is 10.8 Å². The number of halogens is 1. The molecule has 0 saturated carbocycles. The van der Waals surface area contributed by atoms with Crippen molar-refractivity contribution in [2.24, 2.45) is 0 Å². The molecule has 0 spiro atoms. The van der Waals surface area contributed by atoms with E-state index in [4.69, 9.17) is 0 Å². The van der Waals surface area contributed by atoms with Crippen LogP contribution in [-0.2, 0) is 36.5 Å². The van der Waals surface area contributed by atoms with Crippen LogP contribution in [0.5, 0.6) is 0 Å². The lowest BCUT2D eigenvalue weighted by Gasteiger charge is -2.18. The molecule has 0 radical (unpaired) electrons. The van der Waals surface area contributed by atoms with E-state index in [2.05, 4.69) is 38.3 Å². The number of benzene rings is 1. The van der Waals surface area contributed by atoms with E-state index in [1.54, 1.807) is 0 Å². The summed E-state index contributed by atoms with van der Waals surface area (Å²) in [5.41, 5.74) is 6.62. The van der Waals surface area contributed by atoms with Crippen molar-refractivity contribution in [3.63, 3.8) is 0 Å². The molecule has 1 heterocycles. The Bertz CT molecular complexity index is 948. The van der Waals surface area contributed by atoms with Gasteiger partial charge in [-0.15, -0.1) is 13.1 Å². The summed E-state index contributed by atoms with van der Waals surface area (Å²) in [6.07, 6.45) is 7.38. The van der Waals surface area contributed by atoms with E-state index in [-0.39, 0.29) is 17.5 Å². The molecule has 0 bridgehead atoms. The number of rotatable bonds is 11. The Morgan fingerprint density at radius 1 is 1.09 bits per heavy atom. The molecule has 2 aliphatic rings. The summed E-state index contributed by atoms with van der Waals surface area (Å²) >= 11 is -0.0488. The lowest BCUT2D eigenvalue weighted by molar-refractivity contribution is 0.283. The molecule has 2 aromatic rings.